The molecule has 0 aliphatic heterocycles. The smallest absolute Gasteiger partial charge is 0.232 e. The molecule has 2 aromatic heterocycles. The predicted molar refractivity (Wildman–Crippen MR) is 130 cm³/mol. The molecule has 8 nitrogen and oxygen atoms in total. The number of ether oxygens (including phenoxy) is 1. The monoisotopic (exact) mass is 507 g/mol. The van der Waals surface area contributed by atoms with Gasteiger partial charge in [-0.3, -0.25) is 14.5 Å². The van der Waals surface area contributed by atoms with Gasteiger partial charge in [-0.1, -0.05) is 29.3 Å². The maximum Gasteiger partial charge on any atom is 0.232 e. The number of nitrogens with one attached hydrogen (secondary N) is 2. The quantitative estimate of drug-likeness (QED) is 0.353. The van der Waals surface area contributed by atoms with E-state index in [-0.39, 0.29) is 33.8 Å². The summed E-state index contributed by atoms with van der Waals surface area (Å²) in [4.78, 5) is 16.7. The van der Waals surface area contributed by atoms with Crippen molar-refractivity contribution in [2.75, 3.05) is 22.9 Å². The first-order valence-electron chi connectivity index (χ1n) is 9.84. The second-order valence-corrected chi connectivity index (χ2v) is 9.98. The van der Waals surface area contributed by atoms with Crippen molar-refractivity contribution >= 4 is 72.4 Å². The van der Waals surface area contributed by atoms with Gasteiger partial charge in [0.05, 0.1) is 35.0 Å². The van der Waals surface area contributed by atoms with Crippen molar-refractivity contribution in [2.45, 2.75) is 13.3 Å². The first-order valence-corrected chi connectivity index (χ1v) is 12.2. The Morgan fingerprint density at radius 1 is 1.15 bits per heavy atom. The lowest BCUT2D eigenvalue weighted by Crippen LogP contribution is -2.15. The third-order valence-corrected chi connectivity index (χ3v) is 6.89. The highest BCUT2D eigenvalue weighted by molar-refractivity contribution is 7.92. The Labute approximate surface area is 199 Å². The zero-order valence-corrected chi connectivity index (χ0v) is 19.9. The van der Waals surface area contributed by atoms with Gasteiger partial charge < -0.3 is 14.5 Å². The van der Waals surface area contributed by atoms with E-state index in [1.165, 1.54) is 19.5 Å². The molecule has 2 N–H and O–H groups in total. The minimum Gasteiger partial charge on any atom is -0.493 e. The van der Waals surface area contributed by atoms with Crippen molar-refractivity contribution < 1.29 is 22.4 Å². The lowest BCUT2D eigenvalue weighted by molar-refractivity contribution is -0.115. The number of anilines is 2. The van der Waals surface area contributed by atoms with Crippen LogP contribution in [0.4, 0.5) is 11.4 Å². The molecule has 2 heterocycles. The van der Waals surface area contributed by atoms with E-state index in [0.717, 1.165) is 0 Å². The summed E-state index contributed by atoms with van der Waals surface area (Å²) in [5, 5.41) is 4.44. The summed E-state index contributed by atoms with van der Waals surface area (Å²) in [5.41, 5.74) is 2.29. The topological polar surface area (TPSA) is 111 Å². The number of carbonyl (C=O) groups excluding carboxylic acids is 1. The van der Waals surface area contributed by atoms with Crippen LogP contribution in [0, 0.1) is 0 Å². The highest BCUT2D eigenvalue weighted by Crippen LogP contribution is 2.39. The summed E-state index contributed by atoms with van der Waals surface area (Å²) < 4.78 is 38.0. The van der Waals surface area contributed by atoms with Crippen LogP contribution in [0.25, 0.3) is 21.9 Å². The molecule has 0 fully saturated rings. The number of furan rings is 1. The molecule has 0 unspecified atom stereocenters. The van der Waals surface area contributed by atoms with E-state index in [1.54, 1.807) is 37.3 Å². The van der Waals surface area contributed by atoms with Gasteiger partial charge in [-0.15, -0.1) is 0 Å². The number of hydrogen-bond donors (Lipinski definition) is 2. The van der Waals surface area contributed by atoms with Crippen molar-refractivity contribution in [3.63, 3.8) is 0 Å². The summed E-state index contributed by atoms with van der Waals surface area (Å²) in [6.07, 6.45) is 2.75. The van der Waals surface area contributed by atoms with Gasteiger partial charge in [-0.25, -0.2) is 8.42 Å². The van der Waals surface area contributed by atoms with Gasteiger partial charge in [-0.2, -0.15) is 0 Å². The van der Waals surface area contributed by atoms with Gasteiger partial charge in [0.2, 0.25) is 15.9 Å². The number of nitrogens with zero attached hydrogens (tertiary/aromatic N) is 1. The number of rotatable bonds is 7. The molecule has 0 aliphatic rings. The molecular weight excluding hydrogens is 489 g/mol. The predicted octanol–water partition coefficient (Wildman–Crippen LogP) is 5.24. The summed E-state index contributed by atoms with van der Waals surface area (Å²) >= 11 is 12.2. The molecular formula is C22H19Cl2N3O5S. The average Bonchev–Trinajstić information content (AvgIpc) is 3.16. The van der Waals surface area contributed by atoms with Gasteiger partial charge >= 0.3 is 0 Å². The second-order valence-electron chi connectivity index (χ2n) is 7.15. The van der Waals surface area contributed by atoms with Crippen LogP contribution in [-0.2, 0) is 21.2 Å². The maximum absolute atomic E-state index is 12.8. The molecule has 2 aromatic carbocycles. The first kappa shape index (κ1) is 23.2. The van der Waals surface area contributed by atoms with Gasteiger partial charge in [0.25, 0.3) is 0 Å². The van der Waals surface area contributed by atoms with Crippen molar-refractivity contribution in [3.05, 3.63) is 58.3 Å². The van der Waals surface area contributed by atoms with Crippen molar-refractivity contribution in [2.24, 2.45) is 0 Å². The molecule has 33 heavy (non-hydrogen) atoms. The molecule has 0 spiro atoms. The summed E-state index contributed by atoms with van der Waals surface area (Å²) in [7, 11) is -1.95. The van der Waals surface area contributed by atoms with Crippen LogP contribution >= 0.6 is 23.2 Å². The molecule has 0 atom stereocenters. The average molecular weight is 508 g/mol. The second kappa shape index (κ2) is 9.09. The number of sulfonamides is 1. The fraction of sp³-hybridized carbons (Fsp3) is 0.182. The standard InChI is InChI=1S/C22H19Cl2N3O5S/c1-3-33(29,30)27-13-5-7-17-14(9-13)20-12(4-6-18(31-2)22(20)32-17)8-19(28)26-21-15(23)10-25-11-16(21)24/h4-7,9-11,27H,3,8H2,1-2H3,(H,25,26,28). The van der Waals surface area contributed by atoms with Gasteiger partial charge in [0.1, 0.15) is 5.58 Å². The lowest BCUT2D eigenvalue weighted by Gasteiger charge is -2.10. The van der Waals surface area contributed by atoms with Crippen LogP contribution in [0.3, 0.4) is 0 Å². The molecule has 1 amide bonds. The fourth-order valence-electron chi connectivity index (χ4n) is 3.44. The van der Waals surface area contributed by atoms with E-state index in [4.69, 9.17) is 32.4 Å². The molecule has 0 saturated heterocycles. The Kier molecular flexibility index (Phi) is 6.38. The molecule has 11 heteroatoms. The van der Waals surface area contributed by atoms with Crippen molar-refractivity contribution in [1.82, 2.24) is 4.98 Å². The highest BCUT2D eigenvalue weighted by Gasteiger charge is 2.19. The molecule has 0 radical (unpaired) electrons. The minimum absolute atomic E-state index is 0.0188. The number of amides is 1. The van der Waals surface area contributed by atoms with Crippen LogP contribution in [-0.4, -0.2) is 32.2 Å². The van der Waals surface area contributed by atoms with Crippen LogP contribution in [0.15, 0.2) is 47.1 Å². The molecule has 4 rings (SSSR count). The molecule has 0 aliphatic carbocycles. The van der Waals surface area contributed by atoms with Crippen LogP contribution in [0.1, 0.15) is 12.5 Å². The highest BCUT2D eigenvalue weighted by atomic mass is 35.5. The Balaban J connectivity index is 1.78. The van der Waals surface area contributed by atoms with Gasteiger partial charge in [0.15, 0.2) is 11.3 Å². The summed E-state index contributed by atoms with van der Waals surface area (Å²) in [5.74, 6) is 0.0752. The van der Waals surface area contributed by atoms with E-state index in [0.29, 0.717) is 38.9 Å². The minimum atomic E-state index is -3.46. The normalized spacial score (nSPS) is 11.6. The third-order valence-electron chi connectivity index (χ3n) is 5.01. The Morgan fingerprint density at radius 2 is 1.88 bits per heavy atom. The maximum atomic E-state index is 12.8. The number of hydrogen-bond acceptors (Lipinski definition) is 6. The first-order chi connectivity index (χ1) is 15.7. The van der Waals surface area contributed by atoms with E-state index in [1.807, 2.05) is 0 Å². The van der Waals surface area contributed by atoms with E-state index in [2.05, 4.69) is 15.0 Å². The largest absolute Gasteiger partial charge is 0.493 e. The molecule has 0 saturated carbocycles. The third kappa shape index (κ3) is 4.71. The Hall–Kier alpha value is -3.01. The Bertz CT molecular complexity index is 1460. The number of methoxy groups -OCH3 is 1. The number of pyridine rings is 1. The van der Waals surface area contributed by atoms with E-state index < -0.39 is 10.0 Å². The van der Waals surface area contributed by atoms with Gasteiger partial charge in [-0.05, 0) is 36.8 Å². The van der Waals surface area contributed by atoms with Crippen molar-refractivity contribution in [3.8, 4) is 5.75 Å². The van der Waals surface area contributed by atoms with Crippen LogP contribution in [0.5, 0.6) is 5.75 Å². The van der Waals surface area contributed by atoms with Gasteiger partial charge in [0, 0.05) is 28.9 Å². The number of fused-ring (bicyclic) bond motifs is 3. The number of carbonyl (C=O) groups is 1. The Morgan fingerprint density at radius 3 is 2.55 bits per heavy atom. The molecule has 0 bridgehead atoms. The van der Waals surface area contributed by atoms with Crippen LogP contribution in [0.2, 0.25) is 10.0 Å². The zero-order chi connectivity index (χ0) is 23.8. The molecule has 4 aromatic rings. The number of aromatic nitrogens is 1. The van der Waals surface area contributed by atoms with Crippen molar-refractivity contribution in [1.29, 1.82) is 0 Å². The van der Waals surface area contributed by atoms with E-state index in [9.17, 15) is 13.2 Å². The number of halogens is 2. The molecule has 172 valence electrons. The zero-order valence-electron chi connectivity index (χ0n) is 17.6. The van der Waals surface area contributed by atoms with E-state index >= 15 is 0 Å². The summed E-state index contributed by atoms with van der Waals surface area (Å²) in [6, 6.07) is 8.42. The SMILES string of the molecule is CCS(=O)(=O)Nc1ccc2oc3c(OC)ccc(CC(=O)Nc4c(Cl)cncc4Cl)c3c2c1. The lowest BCUT2D eigenvalue weighted by atomic mass is 10.0. The summed E-state index contributed by atoms with van der Waals surface area (Å²) in [6.45, 7) is 1.55. The fourth-order valence-corrected chi connectivity index (χ4v) is 4.53. The van der Waals surface area contributed by atoms with Crippen LogP contribution < -0.4 is 14.8 Å². The number of benzene rings is 2.